The van der Waals surface area contributed by atoms with Crippen LogP contribution in [0.25, 0.3) is 0 Å². The maximum absolute atomic E-state index is 10.6. The third-order valence-electron chi connectivity index (χ3n) is 1.16. The molecule has 0 amide bonds. The molecular formula is C7H13O5S-. The maximum atomic E-state index is 10.6. The van der Waals surface area contributed by atoms with Crippen LogP contribution in [-0.2, 0) is 25.3 Å². The van der Waals surface area contributed by atoms with Gasteiger partial charge in [-0.2, -0.15) is 0 Å². The lowest BCUT2D eigenvalue weighted by atomic mass is 10.5. The fourth-order valence-electron chi connectivity index (χ4n) is 0.576. The quantitative estimate of drug-likeness (QED) is 0.339. The van der Waals surface area contributed by atoms with E-state index in [-0.39, 0.29) is 25.1 Å². The number of hydrogen-bond acceptors (Lipinski definition) is 5. The van der Waals surface area contributed by atoms with Gasteiger partial charge in [-0.3, -0.25) is 9.00 Å². The van der Waals surface area contributed by atoms with Gasteiger partial charge in [0.15, 0.2) is 0 Å². The molecule has 5 nitrogen and oxygen atoms in total. The summed E-state index contributed by atoms with van der Waals surface area (Å²) in [6.07, 6.45) is 0.869. The third kappa shape index (κ3) is 9.45. The molecule has 1 unspecified atom stereocenters. The van der Waals surface area contributed by atoms with E-state index in [2.05, 4.69) is 0 Å². The van der Waals surface area contributed by atoms with E-state index in [1.807, 2.05) is 0 Å². The second-order valence-electron chi connectivity index (χ2n) is 2.26. The molecular weight excluding hydrogens is 196 g/mol. The second kappa shape index (κ2) is 8.15. The summed E-state index contributed by atoms with van der Waals surface area (Å²) in [5.41, 5.74) is 0. The van der Waals surface area contributed by atoms with E-state index in [4.69, 9.17) is 9.47 Å². The lowest BCUT2D eigenvalue weighted by Gasteiger charge is -2.06. The SMILES string of the molecule is CCC(=O)OCCCOCS(=O)[O-]. The highest BCUT2D eigenvalue weighted by atomic mass is 32.2. The minimum atomic E-state index is -2.16. The first-order valence-corrected chi connectivity index (χ1v) is 5.20. The molecule has 0 aromatic rings. The van der Waals surface area contributed by atoms with Gasteiger partial charge in [0, 0.05) is 12.8 Å². The highest BCUT2D eigenvalue weighted by molar-refractivity contribution is 7.78. The molecule has 0 aliphatic heterocycles. The minimum absolute atomic E-state index is 0.257. The van der Waals surface area contributed by atoms with E-state index in [0.717, 1.165) is 0 Å². The molecule has 0 aliphatic rings. The van der Waals surface area contributed by atoms with Gasteiger partial charge in [0.25, 0.3) is 0 Å². The van der Waals surface area contributed by atoms with Crippen LogP contribution in [0.4, 0.5) is 0 Å². The van der Waals surface area contributed by atoms with Crippen molar-refractivity contribution in [1.82, 2.24) is 0 Å². The lowest BCUT2D eigenvalue weighted by molar-refractivity contribution is -0.143. The van der Waals surface area contributed by atoms with Gasteiger partial charge in [0.1, 0.15) is 5.94 Å². The molecule has 0 aliphatic carbocycles. The molecule has 0 saturated carbocycles. The standard InChI is InChI=1S/C7H14O5S/c1-2-7(8)12-5-3-4-11-6-13(9)10/h2-6H2,1H3,(H,9,10)/p-1. The number of ether oxygens (including phenoxy) is 2. The molecule has 0 spiro atoms. The summed E-state index contributed by atoms with van der Waals surface area (Å²) in [5.74, 6) is -0.561. The number of carbonyl (C=O) groups excluding carboxylic acids is 1. The molecule has 13 heavy (non-hydrogen) atoms. The van der Waals surface area contributed by atoms with Crippen molar-refractivity contribution < 1.29 is 23.0 Å². The molecule has 0 saturated heterocycles. The van der Waals surface area contributed by atoms with E-state index < -0.39 is 11.1 Å². The van der Waals surface area contributed by atoms with Crippen molar-refractivity contribution in [2.45, 2.75) is 19.8 Å². The third-order valence-corrected chi connectivity index (χ3v) is 1.52. The van der Waals surface area contributed by atoms with Crippen LogP contribution in [0.5, 0.6) is 0 Å². The van der Waals surface area contributed by atoms with Crippen molar-refractivity contribution in [1.29, 1.82) is 0 Å². The number of esters is 1. The molecule has 0 heterocycles. The van der Waals surface area contributed by atoms with Crippen LogP contribution in [0, 0.1) is 0 Å². The average Bonchev–Trinajstić information content (AvgIpc) is 2.10. The van der Waals surface area contributed by atoms with Crippen molar-refractivity contribution in [3.63, 3.8) is 0 Å². The first-order chi connectivity index (χ1) is 6.16. The zero-order chi connectivity index (χ0) is 10.1. The molecule has 0 rings (SSSR count). The summed E-state index contributed by atoms with van der Waals surface area (Å²) in [5, 5.41) is 0. The molecule has 0 fully saturated rings. The largest absolute Gasteiger partial charge is 0.771 e. The monoisotopic (exact) mass is 209 g/mol. The zero-order valence-electron chi connectivity index (χ0n) is 7.49. The van der Waals surface area contributed by atoms with Gasteiger partial charge >= 0.3 is 5.97 Å². The van der Waals surface area contributed by atoms with Crippen molar-refractivity contribution >= 4 is 17.0 Å². The number of rotatable bonds is 7. The summed E-state index contributed by atoms with van der Waals surface area (Å²) in [6, 6.07) is 0. The molecule has 1 atom stereocenters. The Morgan fingerprint density at radius 2 is 2.15 bits per heavy atom. The Bertz CT molecular complexity index is 170. The second-order valence-corrected chi connectivity index (χ2v) is 3.10. The van der Waals surface area contributed by atoms with Crippen LogP contribution in [0.2, 0.25) is 0 Å². The highest BCUT2D eigenvalue weighted by Gasteiger charge is 1.96. The van der Waals surface area contributed by atoms with Gasteiger partial charge in [-0.25, -0.2) is 0 Å². The summed E-state index contributed by atoms with van der Waals surface area (Å²) in [6.45, 7) is 2.27. The Kier molecular flexibility index (Phi) is 7.86. The minimum Gasteiger partial charge on any atom is -0.771 e. The van der Waals surface area contributed by atoms with Gasteiger partial charge in [0.2, 0.25) is 0 Å². The van der Waals surface area contributed by atoms with Crippen LogP contribution in [0.1, 0.15) is 19.8 Å². The summed E-state index contributed by atoms with van der Waals surface area (Å²) >= 11 is -2.16. The Hall–Kier alpha value is -0.460. The molecule has 6 heteroatoms. The van der Waals surface area contributed by atoms with Gasteiger partial charge < -0.3 is 14.0 Å². The predicted molar refractivity (Wildman–Crippen MR) is 45.6 cm³/mol. The van der Waals surface area contributed by atoms with Gasteiger partial charge in [0.05, 0.1) is 13.2 Å². The Morgan fingerprint density at radius 3 is 2.69 bits per heavy atom. The van der Waals surface area contributed by atoms with E-state index in [1.165, 1.54) is 0 Å². The first-order valence-electron chi connectivity index (χ1n) is 3.96. The predicted octanol–water partition coefficient (Wildman–Crippen LogP) is 0.183. The van der Waals surface area contributed by atoms with Gasteiger partial charge in [-0.05, 0) is 11.1 Å². The van der Waals surface area contributed by atoms with E-state index in [0.29, 0.717) is 12.8 Å². The van der Waals surface area contributed by atoms with E-state index in [9.17, 15) is 13.6 Å². The zero-order valence-corrected chi connectivity index (χ0v) is 8.30. The van der Waals surface area contributed by atoms with Crippen molar-refractivity contribution in [3.05, 3.63) is 0 Å². The number of carbonyl (C=O) groups is 1. The molecule has 0 radical (unpaired) electrons. The van der Waals surface area contributed by atoms with Crippen LogP contribution < -0.4 is 0 Å². The van der Waals surface area contributed by atoms with Crippen LogP contribution in [0.3, 0.4) is 0 Å². The smallest absolute Gasteiger partial charge is 0.305 e. The average molecular weight is 209 g/mol. The molecule has 0 N–H and O–H groups in total. The summed E-state index contributed by atoms with van der Waals surface area (Å²) < 4.78 is 29.4. The van der Waals surface area contributed by atoms with E-state index in [1.54, 1.807) is 6.92 Å². The Morgan fingerprint density at radius 1 is 1.46 bits per heavy atom. The normalized spacial score (nSPS) is 12.5. The highest BCUT2D eigenvalue weighted by Crippen LogP contribution is 1.89. The molecule has 0 aromatic heterocycles. The Balaban J connectivity index is 3.08. The summed E-state index contributed by atoms with van der Waals surface area (Å²) in [4.78, 5) is 10.6. The van der Waals surface area contributed by atoms with Crippen molar-refractivity contribution in [2.75, 3.05) is 19.2 Å². The lowest BCUT2D eigenvalue weighted by Crippen LogP contribution is -2.08. The van der Waals surface area contributed by atoms with Crippen LogP contribution in [-0.4, -0.2) is 33.9 Å². The van der Waals surface area contributed by atoms with Crippen LogP contribution >= 0.6 is 0 Å². The molecule has 0 aromatic carbocycles. The van der Waals surface area contributed by atoms with Crippen LogP contribution in [0.15, 0.2) is 0 Å². The van der Waals surface area contributed by atoms with Crippen molar-refractivity contribution in [2.24, 2.45) is 0 Å². The molecule has 0 bridgehead atoms. The van der Waals surface area contributed by atoms with E-state index >= 15 is 0 Å². The number of hydrogen-bond donors (Lipinski definition) is 0. The maximum Gasteiger partial charge on any atom is 0.305 e. The topological polar surface area (TPSA) is 75.7 Å². The Labute approximate surface area is 79.7 Å². The fraction of sp³-hybridized carbons (Fsp3) is 0.857. The van der Waals surface area contributed by atoms with Crippen molar-refractivity contribution in [3.8, 4) is 0 Å². The molecule has 78 valence electrons. The fourth-order valence-corrected chi connectivity index (χ4v) is 0.830. The summed E-state index contributed by atoms with van der Waals surface area (Å²) in [7, 11) is 0. The van der Waals surface area contributed by atoms with Gasteiger partial charge in [-0.1, -0.05) is 6.92 Å². The van der Waals surface area contributed by atoms with Gasteiger partial charge in [-0.15, -0.1) is 0 Å². The first kappa shape index (κ1) is 12.5.